The third-order valence-corrected chi connectivity index (χ3v) is 4.88. The maximum Gasteiger partial charge on any atom is 0.341 e. The Morgan fingerprint density at radius 3 is 2.33 bits per heavy atom. The van der Waals surface area contributed by atoms with Gasteiger partial charge in [0.15, 0.2) is 0 Å². The number of rotatable bonds is 3. The molecule has 0 aliphatic carbocycles. The van der Waals surface area contributed by atoms with E-state index in [1.54, 1.807) is 23.0 Å². The lowest BCUT2D eigenvalue weighted by Gasteiger charge is -2.14. The van der Waals surface area contributed by atoms with Crippen LogP contribution in [0.25, 0.3) is 27.7 Å². The van der Waals surface area contributed by atoms with E-state index in [4.69, 9.17) is 0 Å². The van der Waals surface area contributed by atoms with Crippen molar-refractivity contribution >= 4 is 32.8 Å². The molecule has 0 amide bonds. The Hall–Kier alpha value is -3.25. The number of hydrogen-bond acceptors (Lipinski definition) is 3. The number of benzene rings is 2. The molecule has 1 N–H and O–H groups in total. The van der Waals surface area contributed by atoms with Crippen LogP contribution in [0.5, 0.6) is 0 Å². The highest BCUT2D eigenvalue weighted by atomic mass is 79.9. The lowest BCUT2D eigenvalue weighted by molar-refractivity contribution is 0.0695. The summed E-state index contributed by atoms with van der Waals surface area (Å²) >= 11 is 3.40. The number of aromatic nitrogens is 2. The van der Waals surface area contributed by atoms with Crippen LogP contribution in [-0.4, -0.2) is 20.6 Å². The van der Waals surface area contributed by atoms with Gasteiger partial charge in [-0.05, 0) is 59.7 Å². The van der Waals surface area contributed by atoms with Gasteiger partial charge in [0.25, 0.3) is 0 Å². The Kier molecular flexibility index (Phi) is 4.33. The SMILES string of the molecule is O=C(O)c1cn(-c2ccc(Br)cc2)c2cc(-c3ccncc3)ccc2c1=O. The van der Waals surface area contributed by atoms with Crippen molar-refractivity contribution in [2.45, 2.75) is 0 Å². The summed E-state index contributed by atoms with van der Waals surface area (Å²) in [4.78, 5) is 28.2. The van der Waals surface area contributed by atoms with E-state index in [2.05, 4.69) is 20.9 Å². The van der Waals surface area contributed by atoms with Crippen LogP contribution in [0.2, 0.25) is 0 Å². The third kappa shape index (κ3) is 3.15. The number of carboxylic acid groups (broad SMARTS) is 1. The Morgan fingerprint density at radius 1 is 0.963 bits per heavy atom. The van der Waals surface area contributed by atoms with Gasteiger partial charge < -0.3 is 9.67 Å². The van der Waals surface area contributed by atoms with E-state index >= 15 is 0 Å². The summed E-state index contributed by atoms with van der Waals surface area (Å²) < 4.78 is 2.64. The minimum Gasteiger partial charge on any atom is -0.477 e. The summed E-state index contributed by atoms with van der Waals surface area (Å²) in [6, 6.07) is 16.6. The third-order valence-electron chi connectivity index (χ3n) is 4.35. The van der Waals surface area contributed by atoms with Gasteiger partial charge in [-0.2, -0.15) is 0 Å². The van der Waals surface area contributed by atoms with Crippen molar-refractivity contribution in [2.24, 2.45) is 0 Å². The van der Waals surface area contributed by atoms with E-state index in [0.29, 0.717) is 10.9 Å². The van der Waals surface area contributed by atoms with Crippen LogP contribution in [0.1, 0.15) is 10.4 Å². The van der Waals surface area contributed by atoms with Crippen LogP contribution in [0, 0.1) is 0 Å². The van der Waals surface area contributed by atoms with Gasteiger partial charge in [-0.3, -0.25) is 9.78 Å². The van der Waals surface area contributed by atoms with Crippen molar-refractivity contribution in [1.29, 1.82) is 0 Å². The average Bonchev–Trinajstić information content (AvgIpc) is 2.69. The number of carbonyl (C=O) groups is 1. The zero-order valence-corrected chi connectivity index (χ0v) is 15.6. The fraction of sp³-hybridized carbons (Fsp3) is 0. The highest BCUT2D eigenvalue weighted by molar-refractivity contribution is 9.10. The van der Waals surface area contributed by atoms with Crippen LogP contribution in [0.15, 0.2) is 82.5 Å². The molecule has 2 aromatic heterocycles. The van der Waals surface area contributed by atoms with E-state index in [-0.39, 0.29) is 5.56 Å². The first-order chi connectivity index (χ1) is 13.0. The van der Waals surface area contributed by atoms with Crippen molar-refractivity contribution in [1.82, 2.24) is 9.55 Å². The number of aromatic carboxylic acids is 1. The second-order valence-electron chi connectivity index (χ2n) is 5.99. The van der Waals surface area contributed by atoms with Crippen LogP contribution < -0.4 is 5.43 Å². The number of nitrogens with zero attached hydrogens (tertiary/aromatic N) is 2. The van der Waals surface area contributed by atoms with E-state index < -0.39 is 11.4 Å². The average molecular weight is 421 g/mol. The molecule has 0 unspecified atom stereocenters. The summed E-state index contributed by atoms with van der Waals surface area (Å²) in [5.41, 5.74) is 2.52. The molecule has 0 fully saturated rings. The molecule has 0 saturated heterocycles. The molecule has 6 heteroatoms. The van der Waals surface area contributed by atoms with Crippen LogP contribution in [0.3, 0.4) is 0 Å². The number of halogens is 1. The summed E-state index contributed by atoms with van der Waals surface area (Å²) in [6.45, 7) is 0. The van der Waals surface area contributed by atoms with Gasteiger partial charge >= 0.3 is 5.97 Å². The lowest BCUT2D eigenvalue weighted by Crippen LogP contribution is -2.18. The topological polar surface area (TPSA) is 72.2 Å². The molecule has 0 atom stereocenters. The molecule has 2 heterocycles. The standard InChI is InChI=1S/C21H13BrN2O3/c22-15-2-4-16(5-3-15)24-12-18(21(26)27)20(25)17-6-1-14(11-19(17)24)13-7-9-23-10-8-13/h1-12H,(H,26,27). The first-order valence-electron chi connectivity index (χ1n) is 8.13. The Bertz CT molecular complexity index is 1220. The number of carboxylic acids is 1. The van der Waals surface area contributed by atoms with E-state index in [1.165, 1.54) is 6.20 Å². The largest absolute Gasteiger partial charge is 0.477 e. The summed E-state index contributed by atoms with van der Waals surface area (Å²) in [6.07, 6.45) is 4.79. The molecular weight excluding hydrogens is 408 g/mol. The van der Waals surface area contributed by atoms with Gasteiger partial charge in [0.1, 0.15) is 5.56 Å². The molecule has 5 nitrogen and oxygen atoms in total. The Labute approximate surface area is 162 Å². The summed E-state index contributed by atoms with van der Waals surface area (Å²) in [5.74, 6) is -1.24. The van der Waals surface area contributed by atoms with Gasteiger partial charge in [-0.1, -0.05) is 22.0 Å². The fourth-order valence-corrected chi connectivity index (χ4v) is 3.28. The van der Waals surface area contributed by atoms with Gasteiger partial charge in [0, 0.05) is 34.1 Å². The summed E-state index contributed by atoms with van der Waals surface area (Å²) in [5, 5.41) is 9.80. The molecular formula is C21H13BrN2O3. The number of pyridine rings is 2. The van der Waals surface area contributed by atoms with E-state index in [9.17, 15) is 14.7 Å². The second-order valence-corrected chi connectivity index (χ2v) is 6.91. The molecule has 0 aliphatic heterocycles. The fourth-order valence-electron chi connectivity index (χ4n) is 3.02. The minimum atomic E-state index is -1.24. The molecule has 27 heavy (non-hydrogen) atoms. The first kappa shape index (κ1) is 17.2. The molecule has 0 saturated carbocycles. The van der Waals surface area contributed by atoms with Gasteiger partial charge in [0.05, 0.1) is 5.52 Å². The van der Waals surface area contributed by atoms with Crippen LogP contribution >= 0.6 is 15.9 Å². The van der Waals surface area contributed by atoms with E-state index in [0.717, 1.165) is 21.3 Å². The smallest absolute Gasteiger partial charge is 0.341 e. The first-order valence-corrected chi connectivity index (χ1v) is 8.93. The zero-order chi connectivity index (χ0) is 19.0. The maximum atomic E-state index is 12.6. The predicted molar refractivity (Wildman–Crippen MR) is 107 cm³/mol. The summed E-state index contributed by atoms with van der Waals surface area (Å²) in [7, 11) is 0. The quantitative estimate of drug-likeness (QED) is 0.528. The minimum absolute atomic E-state index is 0.262. The molecule has 2 aromatic carbocycles. The molecule has 0 radical (unpaired) electrons. The highest BCUT2D eigenvalue weighted by Crippen LogP contribution is 2.25. The molecule has 0 spiro atoms. The van der Waals surface area contributed by atoms with Crippen molar-refractivity contribution in [3.63, 3.8) is 0 Å². The molecule has 4 aromatic rings. The molecule has 0 bridgehead atoms. The zero-order valence-electron chi connectivity index (χ0n) is 14.0. The Morgan fingerprint density at radius 2 is 1.67 bits per heavy atom. The molecule has 4 rings (SSSR count). The van der Waals surface area contributed by atoms with Crippen molar-refractivity contribution in [3.05, 3.63) is 93.4 Å². The van der Waals surface area contributed by atoms with Crippen molar-refractivity contribution in [2.75, 3.05) is 0 Å². The van der Waals surface area contributed by atoms with Crippen LogP contribution in [-0.2, 0) is 0 Å². The maximum absolute atomic E-state index is 12.6. The lowest BCUT2D eigenvalue weighted by atomic mass is 10.0. The van der Waals surface area contributed by atoms with E-state index in [1.807, 2.05) is 48.5 Å². The van der Waals surface area contributed by atoms with Crippen molar-refractivity contribution in [3.8, 4) is 16.8 Å². The predicted octanol–water partition coefficient (Wildman–Crippen LogP) is 4.51. The number of fused-ring (bicyclic) bond motifs is 1. The number of hydrogen-bond donors (Lipinski definition) is 1. The Balaban J connectivity index is 2.06. The van der Waals surface area contributed by atoms with Gasteiger partial charge in [0.2, 0.25) is 5.43 Å². The molecule has 132 valence electrons. The van der Waals surface area contributed by atoms with Crippen LogP contribution in [0.4, 0.5) is 0 Å². The monoisotopic (exact) mass is 420 g/mol. The molecule has 0 aliphatic rings. The highest BCUT2D eigenvalue weighted by Gasteiger charge is 2.16. The second kappa shape index (κ2) is 6.81. The normalized spacial score (nSPS) is 10.9. The van der Waals surface area contributed by atoms with Gasteiger partial charge in [-0.15, -0.1) is 0 Å². The van der Waals surface area contributed by atoms with Crippen molar-refractivity contribution < 1.29 is 9.90 Å². The van der Waals surface area contributed by atoms with Gasteiger partial charge in [-0.25, -0.2) is 4.79 Å².